The van der Waals surface area contributed by atoms with Gasteiger partial charge in [0.2, 0.25) is 0 Å². The van der Waals surface area contributed by atoms with Gasteiger partial charge in [-0.25, -0.2) is 0 Å². The lowest BCUT2D eigenvalue weighted by molar-refractivity contribution is -0.150. The van der Waals surface area contributed by atoms with Crippen molar-refractivity contribution in [2.24, 2.45) is 51.8 Å². The lowest BCUT2D eigenvalue weighted by Gasteiger charge is -2.35. The zero-order chi connectivity index (χ0) is 48.1. The van der Waals surface area contributed by atoms with Gasteiger partial charge in [-0.15, -0.1) is 0 Å². The second-order valence-corrected chi connectivity index (χ2v) is 24.2. The molecule has 7 nitrogen and oxygen atoms in total. The molecule has 0 bridgehead atoms. The molecule has 3 unspecified atom stereocenters. The highest BCUT2D eigenvalue weighted by molar-refractivity contribution is 5.70. The second-order valence-electron chi connectivity index (χ2n) is 24.2. The Kier molecular flexibility index (Phi) is 32.9. The van der Waals surface area contributed by atoms with Crippen LogP contribution in [0.25, 0.3) is 0 Å². The first-order valence-corrected chi connectivity index (χ1v) is 26.5. The number of carbonyl (C=O) groups excluding carboxylic acids is 3. The number of esters is 3. The van der Waals surface area contributed by atoms with E-state index in [0.29, 0.717) is 56.1 Å². The summed E-state index contributed by atoms with van der Waals surface area (Å²) in [6, 6.07) is 0. The predicted molar refractivity (Wildman–Crippen MR) is 269 cm³/mol. The predicted octanol–water partition coefficient (Wildman–Crippen LogP) is 15.8. The molecular weight excluding hydrogens is 783 g/mol. The summed E-state index contributed by atoms with van der Waals surface area (Å²) in [5.74, 6) is 4.07. The van der Waals surface area contributed by atoms with Crippen molar-refractivity contribution in [3.63, 3.8) is 0 Å². The van der Waals surface area contributed by atoms with Crippen LogP contribution in [0.2, 0.25) is 0 Å². The van der Waals surface area contributed by atoms with Gasteiger partial charge in [-0.1, -0.05) is 116 Å². The van der Waals surface area contributed by atoms with E-state index in [-0.39, 0.29) is 40.3 Å². The van der Waals surface area contributed by atoms with E-state index in [1.54, 1.807) is 0 Å². The molecule has 7 heteroatoms. The summed E-state index contributed by atoms with van der Waals surface area (Å²) in [7, 11) is 4.08. The molecule has 0 amide bonds. The molecule has 0 rings (SSSR count). The minimum atomic E-state index is -0.0702. The zero-order valence-electron chi connectivity index (χ0n) is 45.0. The first kappa shape index (κ1) is 61.4. The average molecular weight is 892 g/mol. The molecule has 0 fully saturated rings. The van der Waals surface area contributed by atoms with Crippen molar-refractivity contribution in [3.05, 3.63) is 0 Å². The Balaban J connectivity index is 4.83. The topological polar surface area (TPSA) is 82.1 Å². The summed E-state index contributed by atoms with van der Waals surface area (Å²) in [6.07, 6.45) is 23.4. The van der Waals surface area contributed by atoms with Gasteiger partial charge in [0.15, 0.2) is 0 Å². The third-order valence-corrected chi connectivity index (χ3v) is 13.8. The maximum Gasteiger partial charge on any atom is 0.306 e. The van der Waals surface area contributed by atoms with E-state index in [9.17, 15) is 14.4 Å². The maximum absolute atomic E-state index is 13.0. The molecule has 3 atom stereocenters. The Hall–Kier alpha value is -1.63. The molecule has 0 saturated heterocycles. The lowest BCUT2D eigenvalue weighted by atomic mass is 9.70. The van der Waals surface area contributed by atoms with Gasteiger partial charge in [-0.3, -0.25) is 14.4 Å². The summed E-state index contributed by atoms with van der Waals surface area (Å²) in [4.78, 5) is 40.2. The van der Waals surface area contributed by atoms with Gasteiger partial charge in [0.05, 0.1) is 13.2 Å². The molecule has 0 aliphatic heterocycles. The Labute approximate surface area is 392 Å². The minimum absolute atomic E-state index is 0.0513. The van der Waals surface area contributed by atoms with Crippen LogP contribution in [0.1, 0.15) is 251 Å². The van der Waals surface area contributed by atoms with Crippen LogP contribution in [0.15, 0.2) is 0 Å². The largest absolute Gasteiger partial charge is 0.466 e. The average Bonchev–Trinajstić information content (AvgIpc) is 3.14. The Morgan fingerprint density at radius 3 is 1.30 bits per heavy atom. The Morgan fingerprint density at radius 2 is 0.857 bits per heavy atom. The van der Waals surface area contributed by atoms with Crippen LogP contribution in [-0.2, 0) is 28.6 Å². The van der Waals surface area contributed by atoms with Crippen LogP contribution in [0.3, 0.4) is 0 Å². The highest BCUT2D eigenvalue weighted by atomic mass is 16.5. The second kappa shape index (κ2) is 33.8. The summed E-state index contributed by atoms with van der Waals surface area (Å²) in [5.41, 5.74) is 0.435. The SMILES string of the molecule is CC(C)CCC(CCCOC(=O)CCCCC(C)(C)CCCC(CCCC(C)(C)CC(C)(C)CCCC(=O)OCCCC(CCC(C)C)C(C)C)OC(=O)CCCN(C)C)C(C)C. The van der Waals surface area contributed by atoms with E-state index in [0.717, 1.165) is 128 Å². The molecule has 0 spiro atoms. The van der Waals surface area contributed by atoms with E-state index in [2.05, 4.69) is 102 Å². The fraction of sp³-hybridized carbons (Fsp3) is 0.946. The number of ether oxygens (including phenoxy) is 3. The molecule has 0 radical (unpaired) electrons. The summed E-state index contributed by atoms with van der Waals surface area (Å²) >= 11 is 0. The number of unbranched alkanes of at least 4 members (excludes halogenated alkanes) is 1. The van der Waals surface area contributed by atoms with Gasteiger partial charge in [0.1, 0.15) is 6.10 Å². The molecule has 0 heterocycles. The Bertz CT molecular complexity index is 1170. The van der Waals surface area contributed by atoms with Gasteiger partial charge >= 0.3 is 17.9 Å². The zero-order valence-corrected chi connectivity index (χ0v) is 45.0. The number of hydrogen-bond donors (Lipinski definition) is 0. The van der Waals surface area contributed by atoms with Crippen LogP contribution in [-0.4, -0.2) is 62.8 Å². The molecule has 63 heavy (non-hydrogen) atoms. The third kappa shape index (κ3) is 36.2. The van der Waals surface area contributed by atoms with E-state index < -0.39 is 0 Å². The van der Waals surface area contributed by atoms with Crippen molar-refractivity contribution in [2.45, 2.75) is 257 Å². The first-order valence-electron chi connectivity index (χ1n) is 26.5. The molecule has 0 aromatic rings. The smallest absolute Gasteiger partial charge is 0.306 e. The number of rotatable bonds is 40. The van der Waals surface area contributed by atoms with Gasteiger partial charge in [0, 0.05) is 19.3 Å². The normalized spacial score (nSPS) is 14.2. The van der Waals surface area contributed by atoms with Crippen molar-refractivity contribution < 1.29 is 28.6 Å². The standard InChI is InChI=1S/C56H109NO6/c1-44(2)32-34-48(46(5)6)25-23-41-61-51(58)29-17-18-36-54(9,10)37-19-27-50(63-53(60)31-22-40-57(15)16)28-20-38-55(11,12)43-56(13,14)39-21-30-52(59)62-42-24-26-49(47(7)8)35-33-45(3)4/h44-50H,17-43H2,1-16H3. The van der Waals surface area contributed by atoms with E-state index in [1.807, 2.05) is 14.1 Å². The summed E-state index contributed by atoms with van der Waals surface area (Å²) in [6.45, 7) is 34.5. The minimum Gasteiger partial charge on any atom is -0.466 e. The highest BCUT2D eigenvalue weighted by Gasteiger charge is 2.29. The molecule has 0 saturated carbocycles. The molecule has 0 aliphatic carbocycles. The van der Waals surface area contributed by atoms with Gasteiger partial charge in [-0.05, 0) is 188 Å². The van der Waals surface area contributed by atoms with Crippen molar-refractivity contribution in [3.8, 4) is 0 Å². The first-order chi connectivity index (χ1) is 29.3. The lowest BCUT2D eigenvalue weighted by Crippen LogP contribution is -2.25. The molecule has 374 valence electrons. The quantitative estimate of drug-likeness (QED) is 0.0344. The van der Waals surface area contributed by atoms with Crippen LogP contribution < -0.4 is 0 Å². The van der Waals surface area contributed by atoms with Crippen LogP contribution in [0.4, 0.5) is 0 Å². The van der Waals surface area contributed by atoms with Gasteiger partial charge in [-0.2, -0.15) is 0 Å². The van der Waals surface area contributed by atoms with Crippen molar-refractivity contribution >= 4 is 17.9 Å². The number of hydrogen-bond acceptors (Lipinski definition) is 7. The third-order valence-electron chi connectivity index (χ3n) is 13.8. The van der Waals surface area contributed by atoms with Gasteiger partial charge < -0.3 is 19.1 Å². The van der Waals surface area contributed by atoms with Crippen molar-refractivity contribution in [1.29, 1.82) is 0 Å². The maximum atomic E-state index is 13.0. The van der Waals surface area contributed by atoms with Crippen LogP contribution >= 0.6 is 0 Å². The van der Waals surface area contributed by atoms with Crippen molar-refractivity contribution in [2.75, 3.05) is 33.9 Å². The fourth-order valence-corrected chi connectivity index (χ4v) is 9.77. The summed E-state index contributed by atoms with van der Waals surface area (Å²) < 4.78 is 17.5. The van der Waals surface area contributed by atoms with Gasteiger partial charge in [0.25, 0.3) is 0 Å². The number of carbonyl (C=O) groups is 3. The monoisotopic (exact) mass is 892 g/mol. The molecular formula is C56H109NO6. The fourth-order valence-electron chi connectivity index (χ4n) is 9.77. The van der Waals surface area contributed by atoms with E-state index in [4.69, 9.17) is 14.2 Å². The van der Waals surface area contributed by atoms with Crippen LogP contribution in [0, 0.1) is 51.8 Å². The molecule has 0 N–H and O–H groups in total. The van der Waals surface area contributed by atoms with Crippen LogP contribution in [0.5, 0.6) is 0 Å². The van der Waals surface area contributed by atoms with Crippen molar-refractivity contribution in [1.82, 2.24) is 4.90 Å². The Morgan fingerprint density at radius 1 is 0.444 bits per heavy atom. The highest BCUT2D eigenvalue weighted by Crippen LogP contribution is 2.41. The summed E-state index contributed by atoms with van der Waals surface area (Å²) in [5, 5.41) is 0. The van der Waals surface area contributed by atoms with E-state index in [1.165, 1.54) is 25.7 Å². The van der Waals surface area contributed by atoms with E-state index >= 15 is 0 Å². The molecule has 0 aliphatic rings. The molecule has 0 aromatic heterocycles. The number of nitrogens with zero attached hydrogens (tertiary/aromatic N) is 1. The molecule has 0 aromatic carbocycles.